The predicted octanol–water partition coefficient (Wildman–Crippen LogP) is 1.45. The Labute approximate surface area is 67.3 Å². The molecule has 2 heterocycles. The summed E-state index contributed by atoms with van der Waals surface area (Å²) in [5.41, 5.74) is 0.902. The maximum atomic E-state index is 10.4. The van der Waals surface area contributed by atoms with Gasteiger partial charge in [-0.1, -0.05) is 0 Å². The summed E-state index contributed by atoms with van der Waals surface area (Å²) in [5, 5.41) is 1.96. The van der Waals surface area contributed by atoms with Gasteiger partial charge >= 0.3 is 0 Å². The number of aryl methyl sites for hydroxylation is 1. The summed E-state index contributed by atoms with van der Waals surface area (Å²) in [6.45, 7) is 0. The van der Waals surface area contributed by atoms with E-state index in [0.717, 1.165) is 16.6 Å². The molecule has 0 fully saturated rings. The minimum absolute atomic E-state index is 0.492. The van der Waals surface area contributed by atoms with Crippen molar-refractivity contribution >= 4 is 28.0 Å². The van der Waals surface area contributed by atoms with Crippen LogP contribution in [0.15, 0.2) is 11.4 Å². The first-order valence-electron chi connectivity index (χ1n) is 3.18. The Kier molecular flexibility index (Phi) is 1.29. The van der Waals surface area contributed by atoms with Crippen molar-refractivity contribution in [2.24, 2.45) is 7.05 Å². The van der Waals surface area contributed by atoms with E-state index in [2.05, 4.69) is 4.98 Å². The van der Waals surface area contributed by atoms with Crippen molar-refractivity contribution in [2.45, 2.75) is 0 Å². The Morgan fingerprint density at radius 2 is 2.55 bits per heavy atom. The number of aldehydes is 1. The minimum atomic E-state index is 0.492. The second-order valence-electron chi connectivity index (χ2n) is 2.26. The van der Waals surface area contributed by atoms with Crippen LogP contribution in [0.1, 0.15) is 10.6 Å². The molecule has 2 aromatic rings. The molecule has 0 bridgehead atoms. The Bertz CT molecular complexity index is 401. The number of carbonyl (C=O) groups is 1. The summed E-state index contributed by atoms with van der Waals surface area (Å²) in [5.74, 6) is 0.492. The van der Waals surface area contributed by atoms with Gasteiger partial charge in [0, 0.05) is 7.05 Å². The fraction of sp³-hybridized carbons (Fsp3) is 0.143. The molecule has 2 aromatic heterocycles. The van der Waals surface area contributed by atoms with Gasteiger partial charge in [0.2, 0.25) is 0 Å². The average Bonchev–Trinajstić information content (AvgIpc) is 2.53. The molecule has 0 aliphatic rings. The van der Waals surface area contributed by atoms with Crippen molar-refractivity contribution in [2.75, 3.05) is 0 Å². The zero-order valence-electron chi connectivity index (χ0n) is 5.94. The van der Waals surface area contributed by atoms with Crippen LogP contribution in [0.25, 0.3) is 10.3 Å². The van der Waals surface area contributed by atoms with E-state index in [4.69, 9.17) is 0 Å². The Balaban J connectivity index is 2.86. The lowest BCUT2D eigenvalue weighted by Gasteiger charge is -1.89. The summed E-state index contributed by atoms with van der Waals surface area (Å²) in [7, 11) is 1.84. The number of hydrogen-bond donors (Lipinski definition) is 0. The summed E-state index contributed by atoms with van der Waals surface area (Å²) in [6.07, 6.45) is 0.771. The van der Waals surface area contributed by atoms with Gasteiger partial charge in [-0.25, -0.2) is 4.98 Å². The number of rotatable bonds is 1. The predicted molar refractivity (Wildman–Crippen MR) is 44.0 cm³/mol. The lowest BCUT2D eigenvalue weighted by Crippen LogP contribution is -1.93. The Morgan fingerprint density at radius 1 is 1.73 bits per heavy atom. The molecule has 11 heavy (non-hydrogen) atoms. The lowest BCUT2D eigenvalue weighted by molar-refractivity contribution is 0.111. The first-order valence-corrected chi connectivity index (χ1v) is 4.06. The van der Waals surface area contributed by atoms with Gasteiger partial charge in [0.1, 0.15) is 10.3 Å². The van der Waals surface area contributed by atoms with Crippen LogP contribution >= 0.6 is 11.3 Å². The molecular formula is C7H6N2OS. The molecule has 0 aliphatic heterocycles. The van der Waals surface area contributed by atoms with Crippen molar-refractivity contribution < 1.29 is 4.79 Å². The molecule has 0 spiro atoms. The van der Waals surface area contributed by atoms with E-state index in [-0.39, 0.29) is 0 Å². The van der Waals surface area contributed by atoms with Crippen molar-refractivity contribution in [1.82, 2.24) is 9.55 Å². The van der Waals surface area contributed by atoms with Gasteiger partial charge in [0.05, 0.1) is 0 Å². The van der Waals surface area contributed by atoms with Crippen LogP contribution in [0, 0.1) is 0 Å². The highest BCUT2D eigenvalue weighted by molar-refractivity contribution is 7.16. The van der Waals surface area contributed by atoms with E-state index < -0.39 is 0 Å². The van der Waals surface area contributed by atoms with Crippen LogP contribution in [0.3, 0.4) is 0 Å². The van der Waals surface area contributed by atoms with E-state index in [1.165, 1.54) is 0 Å². The second-order valence-corrected chi connectivity index (χ2v) is 3.15. The smallest absolute Gasteiger partial charge is 0.185 e. The molecule has 0 amide bonds. The molecular weight excluding hydrogens is 160 g/mol. The fourth-order valence-corrected chi connectivity index (χ4v) is 1.85. The molecule has 0 radical (unpaired) electrons. The number of thiophene rings is 1. The van der Waals surface area contributed by atoms with E-state index in [1.54, 1.807) is 15.9 Å². The maximum Gasteiger partial charge on any atom is 0.185 e. The van der Waals surface area contributed by atoms with Crippen molar-refractivity contribution in [3.05, 3.63) is 17.3 Å². The molecule has 0 atom stereocenters. The molecule has 0 unspecified atom stereocenters. The molecule has 56 valence electrons. The molecule has 0 N–H and O–H groups in total. The fourth-order valence-electron chi connectivity index (χ4n) is 1.04. The molecule has 0 aliphatic carbocycles. The van der Waals surface area contributed by atoms with Gasteiger partial charge in [-0.2, -0.15) is 0 Å². The molecule has 2 rings (SSSR count). The Morgan fingerprint density at radius 3 is 3.18 bits per heavy atom. The number of nitrogens with zero attached hydrogens (tertiary/aromatic N) is 2. The topological polar surface area (TPSA) is 34.9 Å². The quantitative estimate of drug-likeness (QED) is 0.601. The number of imidazole rings is 1. The number of hydrogen-bond acceptors (Lipinski definition) is 3. The molecule has 3 nitrogen and oxygen atoms in total. The first-order chi connectivity index (χ1) is 5.33. The third kappa shape index (κ3) is 0.793. The van der Waals surface area contributed by atoms with Crippen molar-refractivity contribution in [1.29, 1.82) is 0 Å². The van der Waals surface area contributed by atoms with Gasteiger partial charge in [0.25, 0.3) is 0 Å². The summed E-state index contributed by atoms with van der Waals surface area (Å²) in [4.78, 5) is 15.6. The molecule has 0 saturated heterocycles. The molecule has 4 heteroatoms. The van der Waals surface area contributed by atoms with Crippen LogP contribution in [0.2, 0.25) is 0 Å². The van der Waals surface area contributed by atoms with Crippen molar-refractivity contribution in [3.63, 3.8) is 0 Å². The number of aromatic nitrogens is 2. The van der Waals surface area contributed by atoms with Crippen LogP contribution < -0.4 is 0 Å². The average molecular weight is 166 g/mol. The SMILES string of the molecule is Cn1c(C=O)nc2ccsc21. The van der Waals surface area contributed by atoms with Gasteiger partial charge in [-0.3, -0.25) is 4.79 Å². The normalized spacial score (nSPS) is 10.6. The Hall–Kier alpha value is -1.16. The van der Waals surface area contributed by atoms with Crippen LogP contribution in [-0.2, 0) is 7.05 Å². The second kappa shape index (κ2) is 2.17. The van der Waals surface area contributed by atoms with E-state index in [0.29, 0.717) is 5.82 Å². The van der Waals surface area contributed by atoms with Gasteiger partial charge in [-0.15, -0.1) is 11.3 Å². The first kappa shape index (κ1) is 6.54. The van der Waals surface area contributed by atoms with Crippen molar-refractivity contribution in [3.8, 4) is 0 Å². The largest absolute Gasteiger partial charge is 0.317 e. The zero-order chi connectivity index (χ0) is 7.84. The van der Waals surface area contributed by atoms with E-state index in [9.17, 15) is 4.79 Å². The highest BCUT2D eigenvalue weighted by Crippen LogP contribution is 2.19. The third-order valence-corrected chi connectivity index (χ3v) is 2.59. The highest BCUT2D eigenvalue weighted by Gasteiger charge is 2.05. The van der Waals surface area contributed by atoms with E-state index in [1.807, 2.05) is 18.5 Å². The molecule has 0 aromatic carbocycles. The third-order valence-electron chi connectivity index (χ3n) is 1.61. The zero-order valence-corrected chi connectivity index (χ0v) is 6.76. The van der Waals surface area contributed by atoms with Crippen LogP contribution in [-0.4, -0.2) is 15.8 Å². The molecule has 0 saturated carbocycles. The number of carbonyl (C=O) groups excluding carboxylic acids is 1. The van der Waals surface area contributed by atoms with Crippen LogP contribution in [0.5, 0.6) is 0 Å². The van der Waals surface area contributed by atoms with Crippen LogP contribution in [0.4, 0.5) is 0 Å². The minimum Gasteiger partial charge on any atom is -0.317 e. The monoisotopic (exact) mass is 166 g/mol. The summed E-state index contributed by atoms with van der Waals surface area (Å²) >= 11 is 1.59. The van der Waals surface area contributed by atoms with Gasteiger partial charge in [-0.05, 0) is 11.4 Å². The standard InChI is InChI=1S/C7H6N2OS/c1-9-6(4-10)8-5-2-3-11-7(5)9/h2-4H,1H3. The summed E-state index contributed by atoms with van der Waals surface area (Å²) in [6, 6.07) is 1.91. The maximum absolute atomic E-state index is 10.4. The van der Waals surface area contributed by atoms with Gasteiger partial charge in [0.15, 0.2) is 12.1 Å². The summed E-state index contributed by atoms with van der Waals surface area (Å²) < 4.78 is 1.80. The highest BCUT2D eigenvalue weighted by atomic mass is 32.1. The number of fused-ring (bicyclic) bond motifs is 1. The lowest BCUT2D eigenvalue weighted by atomic mass is 10.6. The van der Waals surface area contributed by atoms with Gasteiger partial charge < -0.3 is 4.57 Å². The van der Waals surface area contributed by atoms with E-state index >= 15 is 0 Å².